The molecule has 0 unspecified atom stereocenters. The van der Waals surface area contributed by atoms with Gasteiger partial charge in [-0.3, -0.25) is 30.5 Å². The Morgan fingerprint density at radius 2 is 1.77 bits per heavy atom. The molecular weight excluding hydrogens is 406 g/mol. The molecule has 3 rings (SSSR count). The van der Waals surface area contributed by atoms with Crippen molar-refractivity contribution in [2.45, 2.75) is 57.7 Å². The number of carbonyl (C=O) groups is 4. The third-order valence-corrected chi connectivity index (χ3v) is 5.39. The highest BCUT2D eigenvalue weighted by molar-refractivity contribution is 5.90. The minimum Gasteiger partial charge on any atom is -0.465 e. The molecule has 5 amide bonds. The molecule has 2 fully saturated rings. The van der Waals surface area contributed by atoms with Crippen molar-refractivity contribution in [3.05, 3.63) is 29.8 Å². The number of carboxylic acid groups (broad SMARTS) is 1. The highest BCUT2D eigenvalue weighted by Gasteiger charge is 2.46. The van der Waals surface area contributed by atoms with Crippen molar-refractivity contribution < 1.29 is 29.5 Å². The molecule has 2 aliphatic rings. The predicted molar refractivity (Wildman–Crippen MR) is 109 cm³/mol. The number of benzene rings is 1. The minimum absolute atomic E-state index is 0.0248. The Labute approximate surface area is 179 Å². The predicted octanol–water partition coefficient (Wildman–Crippen LogP) is 1.32. The van der Waals surface area contributed by atoms with Gasteiger partial charge in [0.15, 0.2) is 0 Å². The van der Waals surface area contributed by atoms with E-state index in [9.17, 15) is 29.5 Å². The lowest BCUT2D eigenvalue weighted by atomic mass is 10.0. The van der Waals surface area contributed by atoms with Crippen LogP contribution in [0.15, 0.2) is 24.3 Å². The summed E-state index contributed by atoms with van der Waals surface area (Å²) >= 11 is 0. The van der Waals surface area contributed by atoms with Crippen LogP contribution in [0.25, 0.3) is 0 Å². The van der Waals surface area contributed by atoms with Gasteiger partial charge >= 0.3 is 12.1 Å². The van der Waals surface area contributed by atoms with Crippen LogP contribution in [0.1, 0.15) is 39.2 Å². The van der Waals surface area contributed by atoms with Crippen molar-refractivity contribution >= 4 is 29.6 Å². The van der Waals surface area contributed by atoms with Gasteiger partial charge in [0, 0.05) is 17.8 Å². The van der Waals surface area contributed by atoms with E-state index >= 15 is 0 Å². The van der Waals surface area contributed by atoms with E-state index in [2.05, 4.69) is 10.9 Å². The number of hydroxylamine groups is 2. The summed E-state index contributed by atoms with van der Waals surface area (Å²) in [7, 11) is 0. The normalized spacial score (nSPS) is 20.5. The second-order valence-corrected chi connectivity index (χ2v) is 8.70. The van der Waals surface area contributed by atoms with E-state index in [-0.39, 0.29) is 19.0 Å². The number of hydrazine groups is 1. The zero-order chi connectivity index (χ0) is 22.9. The molecule has 2 bridgehead atoms. The Morgan fingerprint density at radius 3 is 2.35 bits per heavy atom. The monoisotopic (exact) mass is 433 g/mol. The van der Waals surface area contributed by atoms with E-state index < -0.39 is 35.5 Å². The van der Waals surface area contributed by atoms with Gasteiger partial charge in [0.2, 0.25) is 5.91 Å². The summed E-state index contributed by atoms with van der Waals surface area (Å²) in [5, 5.41) is 19.8. The second-order valence-electron chi connectivity index (χ2n) is 8.70. The molecule has 0 saturated carbocycles. The number of nitrogens with zero attached hydrogens (tertiary/aromatic N) is 3. The largest absolute Gasteiger partial charge is 0.465 e. The molecule has 31 heavy (non-hydrogen) atoms. The molecule has 0 aromatic heterocycles. The maximum absolute atomic E-state index is 12.4. The Bertz CT molecular complexity index is 881. The SMILES string of the molecule is CC(C)(C)N(C(=O)O)c1ccc(CC(=O)NNC(=O)[C@@H]2CC[C@@H]3CN2C(=O)N3O)cc1. The maximum Gasteiger partial charge on any atom is 0.412 e. The van der Waals surface area contributed by atoms with Gasteiger partial charge in [-0.25, -0.2) is 14.7 Å². The number of hydrogen-bond donors (Lipinski definition) is 4. The lowest BCUT2D eigenvalue weighted by Crippen LogP contribution is -2.54. The van der Waals surface area contributed by atoms with Crippen LogP contribution >= 0.6 is 0 Å². The van der Waals surface area contributed by atoms with Crippen molar-refractivity contribution in [2.24, 2.45) is 0 Å². The highest BCUT2D eigenvalue weighted by atomic mass is 16.5. The van der Waals surface area contributed by atoms with Gasteiger partial charge in [0.05, 0.1) is 12.5 Å². The number of piperidine rings is 1. The first-order valence-electron chi connectivity index (χ1n) is 9.98. The summed E-state index contributed by atoms with van der Waals surface area (Å²) < 4.78 is 0. The van der Waals surface area contributed by atoms with Crippen LogP contribution in [0.2, 0.25) is 0 Å². The summed E-state index contributed by atoms with van der Waals surface area (Å²) in [6.45, 7) is 5.62. The van der Waals surface area contributed by atoms with E-state index in [1.54, 1.807) is 45.0 Å². The van der Waals surface area contributed by atoms with E-state index in [0.717, 1.165) is 0 Å². The number of amides is 5. The summed E-state index contributed by atoms with van der Waals surface area (Å²) in [5.41, 5.74) is 5.17. The molecule has 1 aromatic rings. The number of nitrogens with one attached hydrogen (secondary N) is 2. The van der Waals surface area contributed by atoms with Crippen LogP contribution in [0, 0.1) is 0 Å². The first-order valence-corrected chi connectivity index (χ1v) is 9.98. The third-order valence-electron chi connectivity index (χ3n) is 5.39. The minimum atomic E-state index is -1.07. The number of fused-ring (bicyclic) bond motifs is 2. The Balaban J connectivity index is 1.53. The summed E-state index contributed by atoms with van der Waals surface area (Å²) in [4.78, 5) is 50.6. The van der Waals surface area contributed by atoms with Crippen LogP contribution in [0.4, 0.5) is 15.3 Å². The average molecular weight is 433 g/mol. The van der Waals surface area contributed by atoms with Crippen molar-refractivity contribution in [2.75, 3.05) is 11.4 Å². The molecule has 11 nitrogen and oxygen atoms in total. The van der Waals surface area contributed by atoms with Gasteiger partial charge in [-0.2, -0.15) is 0 Å². The van der Waals surface area contributed by atoms with Crippen molar-refractivity contribution in [3.63, 3.8) is 0 Å². The summed E-state index contributed by atoms with van der Waals surface area (Å²) in [6, 6.07) is 4.89. The lowest BCUT2D eigenvalue weighted by molar-refractivity contribution is -0.131. The number of rotatable bonds is 4. The van der Waals surface area contributed by atoms with Crippen molar-refractivity contribution in [1.29, 1.82) is 0 Å². The van der Waals surface area contributed by atoms with E-state index in [1.165, 1.54) is 9.80 Å². The maximum atomic E-state index is 12.4. The van der Waals surface area contributed by atoms with E-state index in [1.807, 2.05) is 0 Å². The Morgan fingerprint density at radius 1 is 1.13 bits per heavy atom. The highest BCUT2D eigenvalue weighted by Crippen LogP contribution is 2.28. The van der Waals surface area contributed by atoms with Crippen molar-refractivity contribution in [3.8, 4) is 0 Å². The van der Waals surface area contributed by atoms with Crippen LogP contribution in [0.5, 0.6) is 0 Å². The molecule has 2 aliphatic heterocycles. The topological polar surface area (TPSA) is 143 Å². The zero-order valence-electron chi connectivity index (χ0n) is 17.7. The molecule has 0 aliphatic carbocycles. The molecular formula is C20H27N5O6. The third kappa shape index (κ3) is 4.71. The molecule has 0 spiro atoms. The molecule has 1 aromatic carbocycles. The lowest BCUT2D eigenvalue weighted by Gasteiger charge is -2.33. The van der Waals surface area contributed by atoms with Crippen LogP contribution < -0.4 is 15.8 Å². The fraction of sp³-hybridized carbons (Fsp3) is 0.500. The van der Waals surface area contributed by atoms with Gasteiger partial charge in [-0.05, 0) is 51.3 Å². The number of anilines is 1. The van der Waals surface area contributed by atoms with E-state index in [4.69, 9.17) is 0 Å². The first-order chi connectivity index (χ1) is 14.5. The Kier molecular flexibility index (Phi) is 6.07. The average Bonchev–Trinajstić information content (AvgIpc) is 2.90. The molecule has 2 heterocycles. The van der Waals surface area contributed by atoms with Crippen LogP contribution in [-0.4, -0.2) is 68.4 Å². The van der Waals surface area contributed by atoms with Crippen molar-refractivity contribution in [1.82, 2.24) is 20.8 Å². The van der Waals surface area contributed by atoms with Crippen LogP contribution in [-0.2, 0) is 16.0 Å². The summed E-state index contributed by atoms with van der Waals surface area (Å²) in [6.07, 6.45) is -0.206. The van der Waals surface area contributed by atoms with Gasteiger partial charge in [0.25, 0.3) is 5.91 Å². The second kappa shape index (κ2) is 8.42. The molecule has 2 saturated heterocycles. The zero-order valence-corrected chi connectivity index (χ0v) is 17.7. The fourth-order valence-corrected chi connectivity index (χ4v) is 3.91. The fourth-order valence-electron chi connectivity index (χ4n) is 3.91. The van der Waals surface area contributed by atoms with E-state index in [0.29, 0.717) is 29.2 Å². The molecule has 0 radical (unpaired) electrons. The van der Waals surface area contributed by atoms with Crippen LogP contribution in [0.3, 0.4) is 0 Å². The molecule has 11 heteroatoms. The Hall–Kier alpha value is -3.34. The van der Waals surface area contributed by atoms with Gasteiger partial charge < -0.3 is 10.0 Å². The first kappa shape index (κ1) is 22.3. The quantitative estimate of drug-likeness (QED) is 0.417. The summed E-state index contributed by atoms with van der Waals surface area (Å²) in [5.74, 6) is -0.981. The van der Waals surface area contributed by atoms with Gasteiger partial charge in [-0.15, -0.1) is 0 Å². The number of urea groups is 1. The smallest absolute Gasteiger partial charge is 0.412 e. The number of hydrogen-bond acceptors (Lipinski definition) is 5. The number of carbonyl (C=O) groups excluding carboxylic acids is 3. The van der Waals surface area contributed by atoms with Gasteiger partial charge in [-0.1, -0.05) is 12.1 Å². The molecule has 2 atom stereocenters. The molecule has 4 N–H and O–H groups in total. The van der Waals surface area contributed by atoms with Gasteiger partial charge in [0.1, 0.15) is 6.04 Å². The molecule has 168 valence electrons. The standard InChI is InChI=1S/C20H27N5O6/c1-20(2,3)24(19(29)30)13-6-4-12(5-7-13)10-16(26)21-22-17(27)15-9-8-14-11-23(15)18(28)25(14)31/h4-7,14-15,31H,8-11H2,1-3H3,(H,21,26)(H,22,27)(H,29,30)/t14-,15+/m1/s1.